The predicted molar refractivity (Wildman–Crippen MR) is 98.1 cm³/mol. The molecule has 0 saturated heterocycles. The van der Waals surface area contributed by atoms with Gasteiger partial charge in [0.2, 0.25) is 17.7 Å². The van der Waals surface area contributed by atoms with E-state index in [1.54, 1.807) is 18.0 Å². The number of methoxy groups -OCH3 is 1. The molecule has 1 aliphatic carbocycles. The summed E-state index contributed by atoms with van der Waals surface area (Å²) in [6, 6.07) is 4.14. The Bertz CT molecular complexity index is 846. The molecule has 0 radical (unpaired) electrons. The number of nitriles is 1. The smallest absolute Gasteiger partial charge is 0.302 e. The molecule has 2 heterocycles. The predicted octanol–water partition coefficient (Wildman–Crippen LogP) is 1.87. The van der Waals surface area contributed by atoms with Crippen LogP contribution in [0.5, 0.6) is 0 Å². The topological polar surface area (TPSA) is 105 Å². The summed E-state index contributed by atoms with van der Waals surface area (Å²) in [5.74, 6) is 0.168. The number of thioether (sulfide) groups is 1. The molecular formula is C18H22N5O3S+. The molecule has 9 heteroatoms. The zero-order chi connectivity index (χ0) is 19.1. The van der Waals surface area contributed by atoms with Gasteiger partial charge in [0.15, 0.2) is 0 Å². The first-order valence-corrected chi connectivity index (χ1v) is 9.89. The van der Waals surface area contributed by atoms with E-state index in [0.29, 0.717) is 23.7 Å². The van der Waals surface area contributed by atoms with Gasteiger partial charge < -0.3 is 4.74 Å². The summed E-state index contributed by atoms with van der Waals surface area (Å²) in [4.78, 5) is 16.9. The highest BCUT2D eigenvalue weighted by Gasteiger charge is 2.17. The molecule has 1 aliphatic rings. The fourth-order valence-corrected chi connectivity index (χ4v) is 3.69. The molecule has 0 aromatic carbocycles. The third-order valence-electron chi connectivity index (χ3n) is 4.27. The first-order valence-electron chi connectivity index (χ1n) is 8.90. The highest BCUT2D eigenvalue weighted by molar-refractivity contribution is 8.00. The van der Waals surface area contributed by atoms with Crippen LogP contribution in [0.4, 0.5) is 5.88 Å². The number of nitrogens with one attached hydrogen (secondary N) is 1. The van der Waals surface area contributed by atoms with Crippen molar-refractivity contribution in [1.29, 1.82) is 5.26 Å². The Kier molecular flexibility index (Phi) is 6.79. The highest BCUT2D eigenvalue weighted by atomic mass is 32.2. The molecule has 0 atom stereocenters. The van der Waals surface area contributed by atoms with E-state index >= 15 is 0 Å². The summed E-state index contributed by atoms with van der Waals surface area (Å²) in [7, 11) is 1.60. The monoisotopic (exact) mass is 388 g/mol. The molecule has 1 amide bonds. The van der Waals surface area contributed by atoms with Crippen molar-refractivity contribution in [2.45, 2.75) is 43.7 Å². The maximum Gasteiger partial charge on any atom is 0.302 e. The third-order valence-corrected chi connectivity index (χ3v) is 5.26. The number of anilines is 1. The lowest BCUT2D eigenvalue weighted by molar-refractivity contribution is -0.763. The van der Waals surface area contributed by atoms with E-state index in [4.69, 9.17) is 9.26 Å². The SMILES string of the molecule is COCC[n+]1cc(NC(=O)CSc2nc3c(cc2C#N)CCCCC3)on1. The standard InChI is InChI=1S/C18H21N5O3S/c1-25-8-7-23-11-17(26-22-23)21-16(24)12-27-18-14(10-19)9-13-5-3-2-4-6-15(13)20-18/h9,11H,2-8,12H2,1H3/p+1. The Labute approximate surface area is 161 Å². The van der Waals surface area contributed by atoms with Gasteiger partial charge in [-0.3, -0.25) is 14.6 Å². The second-order valence-electron chi connectivity index (χ2n) is 6.28. The number of aryl methyl sites for hydroxylation is 2. The van der Waals surface area contributed by atoms with Crippen LogP contribution in [-0.2, 0) is 28.9 Å². The van der Waals surface area contributed by atoms with Crippen molar-refractivity contribution in [2.24, 2.45) is 0 Å². The average molecular weight is 388 g/mol. The largest absolute Gasteiger partial charge is 0.378 e. The lowest BCUT2D eigenvalue weighted by Gasteiger charge is -2.09. The quantitative estimate of drug-likeness (QED) is 0.438. The van der Waals surface area contributed by atoms with Crippen LogP contribution in [0, 0.1) is 11.3 Å². The van der Waals surface area contributed by atoms with Gasteiger partial charge in [-0.1, -0.05) is 18.2 Å². The Morgan fingerprint density at radius 1 is 1.44 bits per heavy atom. The number of carbonyl (C=O) groups is 1. The van der Waals surface area contributed by atoms with E-state index in [9.17, 15) is 10.1 Å². The number of hydrogen-bond acceptors (Lipinski definition) is 7. The first kappa shape index (κ1) is 19.3. The Morgan fingerprint density at radius 2 is 2.30 bits per heavy atom. The van der Waals surface area contributed by atoms with Gasteiger partial charge >= 0.3 is 5.88 Å². The van der Waals surface area contributed by atoms with E-state index in [1.165, 1.54) is 23.7 Å². The van der Waals surface area contributed by atoms with Crippen LogP contribution in [0.3, 0.4) is 0 Å². The molecule has 1 N–H and O–H groups in total. The van der Waals surface area contributed by atoms with Gasteiger partial charge in [0.05, 0.1) is 11.3 Å². The molecule has 0 saturated carbocycles. The van der Waals surface area contributed by atoms with Crippen molar-refractivity contribution in [3.8, 4) is 6.07 Å². The fraction of sp³-hybridized carbons (Fsp3) is 0.500. The minimum absolute atomic E-state index is 0.138. The molecule has 0 spiro atoms. The summed E-state index contributed by atoms with van der Waals surface area (Å²) in [6.45, 7) is 1.04. The fourth-order valence-electron chi connectivity index (χ4n) is 2.91. The Balaban J connectivity index is 1.60. The van der Waals surface area contributed by atoms with Crippen LogP contribution in [0.15, 0.2) is 21.8 Å². The molecule has 2 aromatic rings. The number of carbonyl (C=O) groups excluding carboxylic acids is 1. The number of amides is 1. The van der Waals surface area contributed by atoms with Crippen LogP contribution in [0.25, 0.3) is 0 Å². The van der Waals surface area contributed by atoms with Crippen molar-refractivity contribution < 1.29 is 18.7 Å². The second-order valence-corrected chi connectivity index (χ2v) is 7.24. The summed E-state index contributed by atoms with van der Waals surface area (Å²) in [6.07, 6.45) is 6.94. The van der Waals surface area contributed by atoms with Gasteiger partial charge in [-0.25, -0.2) is 4.98 Å². The van der Waals surface area contributed by atoms with Crippen LogP contribution in [-0.4, -0.2) is 35.6 Å². The average Bonchev–Trinajstić information content (AvgIpc) is 2.99. The van der Waals surface area contributed by atoms with E-state index in [2.05, 4.69) is 21.6 Å². The molecule has 0 fully saturated rings. The normalized spacial score (nSPS) is 13.5. The minimum Gasteiger partial charge on any atom is -0.378 e. The summed E-state index contributed by atoms with van der Waals surface area (Å²) in [5.41, 5.74) is 2.76. The van der Waals surface area contributed by atoms with Crippen LogP contribution >= 0.6 is 11.8 Å². The zero-order valence-corrected chi connectivity index (χ0v) is 16.0. The first-order chi connectivity index (χ1) is 13.2. The molecular weight excluding hydrogens is 366 g/mol. The molecule has 142 valence electrons. The number of nitrogens with zero attached hydrogens (tertiary/aromatic N) is 4. The summed E-state index contributed by atoms with van der Waals surface area (Å²) >= 11 is 1.26. The van der Waals surface area contributed by atoms with Crippen molar-refractivity contribution in [1.82, 2.24) is 10.3 Å². The van der Waals surface area contributed by atoms with Gasteiger partial charge in [0, 0.05) is 12.8 Å². The van der Waals surface area contributed by atoms with E-state index < -0.39 is 0 Å². The van der Waals surface area contributed by atoms with Gasteiger partial charge in [0.1, 0.15) is 17.7 Å². The Morgan fingerprint density at radius 3 is 3.11 bits per heavy atom. The van der Waals surface area contributed by atoms with Crippen molar-refractivity contribution in [2.75, 3.05) is 24.8 Å². The molecule has 2 aromatic heterocycles. The maximum absolute atomic E-state index is 12.2. The van der Waals surface area contributed by atoms with Crippen molar-refractivity contribution in [3.05, 3.63) is 29.1 Å². The summed E-state index contributed by atoms with van der Waals surface area (Å²) in [5, 5.41) is 16.5. The van der Waals surface area contributed by atoms with Crippen LogP contribution in [0.1, 0.15) is 36.1 Å². The number of hydrogen-bond donors (Lipinski definition) is 1. The second kappa shape index (κ2) is 9.48. The number of fused-ring (bicyclic) bond motifs is 1. The summed E-state index contributed by atoms with van der Waals surface area (Å²) < 4.78 is 11.6. The lowest BCUT2D eigenvalue weighted by atomic mass is 10.1. The van der Waals surface area contributed by atoms with E-state index in [1.807, 2.05) is 6.07 Å². The zero-order valence-electron chi connectivity index (χ0n) is 15.2. The van der Waals surface area contributed by atoms with Gasteiger partial charge in [-0.05, 0) is 42.0 Å². The van der Waals surface area contributed by atoms with Gasteiger partial charge in [-0.15, -0.1) is 0 Å². The number of aromatic nitrogens is 3. The maximum atomic E-state index is 12.2. The molecule has 3 rings (SSSR count). The number of rotatable bonds is 7. The number of pyridine rings is 1. The minimum atomic E-state index is -0.240. The molecule has 8 nitrogen and oxygen atoms in total. The van der Waals surface area contributed by atoms with Crippen LogP contribution < -0.4 is 10.00 Å². The van der Waals surface area contributed by atoms with Crippen molar-refractivity contribution >= 4 is 23.6 Å². The lowest BCUT2D eigenvalue weighted by Crippen LogP contribution is -2.36. The van der Waals surface area contributed by atoms with E-state index in [0.717, 1.165) is 31.4 Å². The highest BCUT2D eigenvalue weighted by Crippen LogP contribution is 2.27. The molecule has 0 unspecified atom stereocenters. The van der Waals surface area contributed by atoms with Crippen molar-refractivity contribution in [3.63, 3.8) is 0 Å². The van der Waals surface area contributed by atoms with Gasteiger partial charge in [-0.2, -0.15) is 5.26 Å². The van der Waals surface area contributed by atoms with E-state index in [-0.39, 0.29) is 17.5 Å². The molecule has 0 aliphatic heterocycles. The number of ether oxygens (including phenoxy) is 1. The Hall–Kier alpha value is -2.44. The molecule has 0 bridgehead atoms. The third kappa shape index (κ3) is 5.28. The van der Waals surface area contributed by atoms with Crippen LogP contribution in [0.2, 0.25) is 0 Å². The molecule has 27 heavy (non-hydrogen) atoms. The van der Waals surface area contributed by atoms with Gasteiger partial charge in [0.25, 0.3) is 6.20 Å².